The molecule has 3 aromatic rings. The largest absolute Gasteiger partial charge is 0.472 e. The standard InChI is InChI=1S/C15H8Cl3FN2O/c16-9-3-11-14(13(18)4-9)20-7-21-15(11)22-6-8-1-2-10(19)5-12(8)17/h1-5,7H,6H2. The van der Waals surface area contributed by atoms with E-state index in [0.717, 1.165) is 0 Å². The second-order valence-corrected chi connectivity index (χ2v) is 5.74. The summed E-state index contributed by atoms with van der Waals surface area (Å²) in [6, 6.07) is 7.37. The van der Waals surface area contributed by atoms with Gasteiger partial charge in [0.15, 0.2) is 0 Å². The van der Waals surface area contributed by atoms with Gasteiger partial charge in [-0.3, -0.25) is 0 Å². The van der Waals surface area contributed by atoms with Crippen molar-refractivity contribution in [2.45, 2.75) is 6.61 Å². The number of rotatable bonds is 3. The van der Waals surface area contributed by atoms with Crippen LogP contribution in [0.25, 0.3) is 10.9 Å². The zero-order valence-electron chi connectivity index (χ0n) is 11.0. The van der Waals surface area contributed by atoms with Gasteiger partial charge < -0.3 is 4.74 Å². The molecule has 0 radical (unpaired) electrons. The Morgan fingerprint density at radius 2 is 1.82 bits per heavy atom. The van der Waals surface area contributed by atoms with Gasteiger partial charge in [-0.1, -0.05) is 40.9 Å². The summed E-state index contributed by atoms with van der Waals surface area (Å²) < 4.78 is 18.7. The van der Waals surface area contributed by atoms with E-state index in [1.807, 2.05) is 0 Å². The normalized spacial score (nSPS) is 10.9. The molecule has 0 spiro atoms. The molecule has 0 aliphatic carbocycles. The summed E-state index contributed by atoms with van der Waals surface area (Å²) in [5.41, 5.74) is 1.18. The van der Waals surface area contributed by atoms with E-state index in [2.05, 4.69) is 9.97 Å². The van der Waals surface area contributed by atoms with E-state index in [1.165, 1.54) is 18.5 Å². The number of hydrogen-bond donors (Lipinski definition) is 0. The molecule has 0 N–H and O–H groups in total. The number of nitrogens with zero attached hydrogens (tertiary/aromatic N) is 2. The van der Waals surface area contributed by atoms with E-state index in [1.54, 1.807) is 18.2 Å². The molecule has 22 heavy (non-hydrogen) atoms. The molecular formula is C15H8Cl3FN2O. The average Bonchev–Trinajstić information content (AvgIpc) is 2.46. The fraction of sp³-hybridized carbons (Fsp3) is 0.0667. The molecule has 0 amide bonds. The smallest absolute Gasteiger partial charge is 0.224 e. The highest BCUT2D eigenvalue weighted by atomic mass is 35.5. The predicted octanol–water partition coefficient (Wildman–Crippen LogP) is 5.31. The van der Waals surface area contributed by atoms with Gasteiger partial charge >= 0.3 is 0 Å². The van der Waals surface area contributed by atoms with Gasteiger partial charge in [-0.05, 0) is 24.3 Å². The Balaban J connectivity index is 1.94. The van der Waals surface area contributed by atoms with Crippen molar-refractivity contribution in [3.63, 3.8) is 0 Å². The maximum Gasteiger partial charge on any atom is 0.224 e. The molecule has 7 heteroatoms. The van der Waals surface area contributed by atoms with Crippen molar-refractivity contribution in [2.24, 2.45) is 0 Å². The molecule has 0 aliphatic heterocycles. The van der Waals surface area contributed by atoms with E-state index < -0.39 is 5.82 Å². The summed E-state index contributed by atoms with van der Waals surface area (Å²) in [4.78, 5) is 8.19. The second kappa shape index (κ2) is 6.24. The summed E-state index contributed by atoms with van der Waals surface area (Å²) in [5.74, 6) is -0.0745. The Morgan fingerprint density at radius 1 is 1.00 bits per heavy atom. The van der Waals surface area contributed by atoms with Crippen molar-refractivity contribution >= 4 is 45.7 Å². The summed E-state index contributed by atoms with van der Waals surface area (Å²) in [5, 5.41) is 1.75. The highest BCUT2D eigenvalue weighted by Crippen LogP contribution is 2.31. The van der Waals surface area contributed by atoms with Crippen molar-refractivity contribution in [2.75, 3.05) is 0 Å². The van der Waals surface area contributed by atoms with Crippen molar-refractivity contribution in [1.82, 2.24) is 9.97 Å². The first kappa shape index (κ1) is 15.3. The quantitative estimate of drug-likeness (QED) is 0.637. The van der Waals surface area contributed by atoms with Crippen molar-refractivity contribution in [1.29, 1.82) is 0 Å². The molecular weight excluding hydrogens is 350 g/mol. The molecule has 0 saturated heterocycles. The van der Waals surface area contributed by atoms with E-state index in [-0.39, 0.29) is 11.6 Å². The summed E-state index contributed by atoms with van der Waals surface area (Å²) in [6.07, 6.45) is 1.35. The third-order valence-corrected chi connectivity index (χ3v) is 3.86. The first-order valence-corrected chi connectivity index (χ1v) is 7.34. The minimum atomic E-state index is -0.403. The molecule has 2 aromatic carbocycles. The van der Waals surface area contributed by atoms with Gasteiger partial charge in [0.25, 0.3) is 0 Å². The molecule has 1 heterocycles. The number of hydrogen-bond acceptors (Lipinski definition) is 3. The van der Waals surface area contributed by atoms with Gasteiger partial charge in [-0.15, -0.1) is 0 Å². The maximum atomic E-state index is 13.0. The van der Waals surface area contributed by atoms with Crippen LogP contribution < -0.4 is 4.74 Å². The van der Waals surface area contributed by atoms with Crippen LogP contribution in [0.1, 0.15) is 5.56 Å². The van der Waals surface area contributed by atoms with Gasteiger partial charge in [0, 0.05) is 10.6 Å². The lowest BCUT2D eigenvalue weighted by Crippen LogP contribution is -2.00. The zero-order valence-corrected chi connectivity index (χ0v) is 13.3. The van der Waals surface area contributed by atoms with Crippen LogP contribution in [-0.2, 0) is 6.61 Å². The average molecular weight is 358 g/mol. The van der Waals surface area contributed by atoms with Crippen LogP contribution in [-0.4, -0.2) is 9.97 Å². The highest BCUT2D eigenvalue weighted by molar-refractivity contribution is 6.38. The van der Waals surface area contributed by atoms with Crippen LogP contribution >= 0.6 is 34.8 Å². The molecule has 112 valence electrons. The van der Waals surface area contributed by atoms with Crippen LogP contribution in [0.2, 0.25) is 15.1 Å². The molecule has 0 bridgehead atoms. The second-order valence-electron chi connectivity index (χ2n) is 4.49. The molecule has 0 fully saturated rings. The predicted molar refractivity (Wildman–Crippen MR) is 85.3 cm³/mol. The number of aromatic nitrogens is 2. The Bertz CT molecular complexity index is 858. The lowest BCUT2D eigenvalue weighted by Gasteiger charge is -2.10. The van der Waals surface area contributed by atoms with E-state index in [0.29, 0.717) is 32.4 Å². The van der Waals surface area contributed by atoms with Gasteiger partial charge in [-0.2, -0.15) is 0 Å². The van der Waals surface area contributed by atoms with Gasteiger partial charge in [0.05, 0.1) is 20.9 Å². The Hall–Kier alpha value is -1.62. The van der Waals surface area contributed by atoms with E-state index in [4.69, 9.17) is 39.5 Å². The molecule has 3 rings (SSSR count). The monoisotopic (exact) mass is 356 g/mol. The molecule has 0 saturated carbocycles. The van der Waals surface area contributed by atoms with Crippen LogP contribution in [0.5, 0.6) is 5.88 Å². The molecule has 0 unspecified atom stereocenters. The first-order valence-electron chi connectivity index (χ1n) is 6.21. The number of halogens is 4. The number of ether oxygens (including phenoxy) is 1. The van der Waals surface area contributed by atoms with Crippen LogP contribution in [0, 0.1) is 5.82 Å². The lowest BCUT2D eigenvalue weighted by molar-refractivity contribution is 0.297. The highest BCUT2D eigenvalue weighted by Gasteiger charge is 2.11. The van der Waals surface area contributed by atoms with Crippen molar-refractivity contribution in [3.8, 4) is 5.88 Å². The van der Waals surface area contributed by atoms with Crippen LogP contribution in [0.4, 0.5) is 4.39 Å². The van der Waals surface area contributed by atoms with Gasteiger partial charge in [0.2, 0.25) is 5.88 Å². The number of benzene rings is 2. The summed E-state index contributed by atoms with van der Waals surface area (Å²) >= 11 is 18.1. The van der Waals surface area contributed by atoms with Crippen molar-refractivity contribution < 1.29 is 9.13 Å². The van der Waals surface area contributed by atoms with Crippen LogP contribution in [0.3, 0.4) is 0 Å². The minimum Gasteiger partial charge on any atom is -0.472 e. The first-order chi connectivity index (χ1) is 10.5. The Morgan fingerprint density at radius 3 is 2.59 bits per heavy atom. The molecule has 0 aliphatic rings. The minimum absolute atomic E-state index is 0.134. The van der Waals surface area contributed by atoms with E-state index in [9.17, 15) is 4.39 Å². The van der Waals surface area contributed by atoms with Crippen LogP contribution in [0.15, 0.2) is 36.7 Å². The third kappa shape index (κ3) is 3.09. The molecule has 0 atom stereocenters. The Kier molecular flexibility index (Phi) is 4.34. The fourth-order valence-corrected chi connectivity index (χ4v) is 2.73. The summed E-state index contributed by atoms with van der Waals surface area (Å²) in [7, 11) is 0. The Labute approximate surface area is 140 Å². The maximum absolute atomic E-state index is 13.0. The van der Waals surface area contributed by atoms with Crippen molar-refractivity contribution in [3.05, 3.63) is 63.1 Å². The third-order valence-electron chi connectivity index (χ3n) is 3.00. The molecule has 1 aromatic heterocycles. The zero-order chi connectivity index (χ0) is 15.7. The van der Waals surface area contributed by atoms with Gasteiger partial charge in [0.1, 0.15) is 18.8 Å². The molecule has 3 nitrogen and oxygen atoms in total. The summed E-state index contributed by atoms with van der Waals surface area (Å²) in [6.45, 7) is 0.134. The lowest BCUT2D eigenvalue weighted by atomic mass is 10.2. The SMILES string of the molecule is Fc1ccc(COc2ncnc3c(Cl)cc(Cl)cc23)c(Cl)c1. The fourth-order valence-electron chi connectivity index (χ4n) is 1.97. The number of fused-ring (bicyclic) bond motifs is 1. The van der Waals surface area contributed by atoms with E-state index >= 15 is 0 Å². The van der Waals surface area contributed by atoms with Gasteiger partial charge in [-0.25, -0.2) is 14.4 Å². The topological polar surface area (TPSA) is 35.0 Å².